The molecule has 7 heteroatoms. The van der Waals surface area contributed by atoms with Gasteiger partial charge in [0.25, 0.3) is 0 Å². The molecule has 6 nitrogen and oxygen atoms in total. The molecule has 0 aliphatic heterocycles. The molecule has 0 bridgehead atoms. The minimum Gasteiger partial charge on any atom is -0.480 e. The Hall–Kier alpha value is -1.14. The molecule has 0 heterocycles. The number of hydrogen-bond donors (Lipinski definition) is 2. The van der Waals surface area contributed by atoms with Gasteiger partial charge in [0.05, 0.1) is 20.1 Å². The van der Waals surface area contributed by atoms with Crippen molar-refractivity contribution >= 4 is 29.3 Å². The second-order valence-electron chi connectivity index (χ2n) is 2.35. The van der Waals surface area contributed by atoms with Crippen LogP contribution in [-0.2, 0) is 19.1 Å². The molecule has 88 valence electrons. The number of ether oxygens (including phenoxy) is 1. The van der Waals surface area contributed by atoms with E-state index in [-0.39, 0.29) is 37.0 Å². The van der Waals surface area contributed by atoms with Gasteiger partial charge in [-0.2, -0.15) is 0 Å². The van der Waals surface area contributed by atoms with Crippen LogP contribution < -0.4 is 5.73 Å². The molecule has 0 amide bonds. The lowest BCUT2D eigenvalue weighted by Crippen LogP contribution is -2.14. The number of esters is 1. The van der Waals surface area contributed by atoms with Crippen molar-refractivity contribution in [3.63, 3.8) is 0 Å². The fraction of sp³-hybridized carbons (Fsp3) is 0.625. The van der Waals surface area contributed by atoms with Gasteiger partial charge < -0.3 is 15.6 Å². The molecule has 0 aromatic heterocycles. The van der Waals surface area contributed by atoms with Crippen LogP contribution in [0.5, 0.6) is 0 Å². The summed E-state index contributed by atoms with van der Waals surface area (Å²) >= 11 is 4.74. The molecular formula is C8H14ClNO5. The van der Waals surface area contributed by atoms with E-state index >= 15 is 0 Å². The molecule has 0 saturated heterocycles. The number of carbonyl (C=O) groups is 3. The minimum atomic E-state index is -0.980. The summed E-state index contributed by atoms with van der Waals surface area (Å²) in [7, 11) is 1.29. The van der Waals surface area contributed by atoms with Gasteiger partial charge in [0.15, 0.2) is 0 Å². The van der Waals surface area contributed by atoms with E-state index in [4.69, 9.17) is 22.4 Å². The van der Waals surface area contributed by atoms with Gasteiger partial charge >= 0.3 is 11.9 Å². The number of hydrogen-bond acceptors (Lipinski definition) is 5. The van der Waals surface area contributed by atoms with Gasteiger partial charge in [-0.25, -0.2) is 0 Å². The maximum Gasteiger partial charge on any atom is 0.318 e. The smallest absolute Gasteiger partial charge is 0.318 e. The van der Waals surface area contributed by atoms with Gasteiger partial charge in [-0.05, 0) is 0 Å². The third-order valence-electron chi connectivity index (χ3n) is 1.18. The van der Waals surface area contributed by atoms with Crippen LogP contribution >= 0.6 is 11.6 Å². The van der Waals surface area contributed by atoms with E-state index in [1.165, 1.54) is 7.11 Å². The standard InChI is InChI=1S/C6H11NO3.C2H3ClO2/c1-10-6(9)3-2-5(8)4-7;3-1-2(4)5/h2-4,7H2,1H3;1H2,(H,4,5). The first-order valence-corrected chi connectivity index (χ1v) is 4.57. The van der Waals surface area contributed by atoms with E-state index in [1.807, 2.05) is 0 Å². The van der Waals surface area contributed by atoms with E-state index in [0.717, 1.165) is 0 Å². The fourth-order valence-corrected chi connectivity index (χ4v) is 0.446. The van der Waals surface area contributed by atoms with Gasteiger partial charge in [0, 0.05) is 6.42 Å². The first-order valence-electron chi connectivity index (χ1n) is 4.04. The van der Waals surface area contributed by atoms with Crippen molar-refractivity contribution in [1.82, 2.24) is 0 Å². The highest BCUT2D eigenvalue weighted by Gasteiger charge is 2.03. The second-order valence-corrected chi connectivity index (χ2v) is 2.61. The highest BCUT2D eigenvalue weighted by molar-refractivity contribution is 6.26. The van der Waals surface area contributed by atoms with Crippen molar-refractivity contribution in [2.24, 2.45) is 5.73 Å². The summed E-state index contributed by atoms with van der Waals surface area (Å²) in [5.41, 5.74) is 5.00. The summed E-state index contributed by atoms with van der Waals surface area (Å²) in [5.74, 6) is -1.78. The predicted molar refractivity (Wildman–Crippen MR) is 53.7 cm³/mol. The largest absolute Gasteiger partial charge is 0.480 e. The van der Waals surface area contributed by atoms with Gasteiger partial charge in [-0.15, -0.1) is 11.6 Å². The van der Waals surface area contributed by atoms with Gasteiger partial charge in [-0.1, -0.05) is 0 Å². The molecule has 3 N–H and O–H groups in total. The normalized spacial score (nSPS) is 8.47. The number of Topliss-reactive ketones (excluding diaryl/α,β-unsaturated/α-hetero) is 1. The third-order valence-corrected chi connectivity index (χ3v) is 1.41. The fourth-order valence-electron chi connectivity index (χ4n) is 0.446. The zero-order valence-electron chi connectivity index (χ0n) is 8.36. The summed E-state index contributed by atoms with van der Waals surface area (Å²) < 4.78 is 4.31. The Labute approximate surface area is 92.3 Å². The SMILES string of the molecule is COC(=O)CCC(=O)CN.O=C(O)CCl. The van der Waals surface area contributed by atoms with Crippen molar-refractivity contribution in [3.05, 3.63) is 0 Å². The van der Waals surface area contributed by atoms with Crippen molar-refractivity contribution in [3.8, 4) is 0 Å². The van der Waals surface area contributed by atoms with E-state index in [2.05, 4.69) is 4.74 Å². The van der Waals surface area contributed by atoms with Crippen molar-refractivity contribution < 1.29 is 24.2 Å². The van der Waals surface area contributed by atoms with Crippen molar-refractivity contribution in [1.29, 1.82) is 0 Å². The lowest BCUT2D eigenvalue weighted by atomic mass is 10.2. The molecule has 0 atom stereocenters. The van der Waals surface area contributed by atoms with Crippen LogP contribution in [0.25, 0.3) is 0 Å². The number of carboxylic acids is 1. The Balaban J connectivity index is 0. The average molecular weight is 240 g/mol. The summed E-state index contributed by atoms with van der Waals surface area (Å²) in [6.45, 7) is -0.00298. The van der Waals surface area contributed by atoms with Gasteiger partial charge in [0.1, 0.15) is 11.7 Å². The first-order chi connectivity index (χ1) is 6.97. The molecule has 0 aromatic rings. The van der Waals surface area contributed by atoms with Crippen molar-refractivity contribution in [2.75, 3.05) is 19.5 Å². The van der Waals surface area contributed by atoms with Crippen LogP contribution in [0.15, 0.2) is 0 Å². The molecule has 0 saturated carbocycles. The van der Waals surface area contributed by atoms with Crippen LogP contribution in [0.1, 0.15) is 12.8 Å². The molecule has 0 aliphatic carbocycles. The topological polar surface area (TPSA) is 107 Å². The Morgan fingerprint density at radius 2 is 1.80 bits per heavy atom. The molecular weight excluding hydrogens is 226 g/mol. The predicted octanol–water partition coefficient (Wildman–Crippen LogP) is -0.223. The maximum absolute atomic E-state index is 10.5. The number of halogens is 1. The number of carbonyl (C=O) groups excluding carboxylic acids is 2. The Kier molecular flexibility index (Phi) is 11.9. The highest BCUT2D eigenvalue weighted by Crippen LogP contribution is 1.91. The number of alkyl halides is 1. The summed E-state index contributed by atoms with van der Waals surface area (Å²) in [4.78, 5) is 30.2. The van der Waals surface area contributed by atoms with Crippen LogP contribution in [0, 0.1) is 0 Å². The van der Waals surface area contributed by atoms with Crippen molar-refractivity contribution in [2.45, 2.75) is 12.8 Å². The molecule has 0 fully saturated rings. The number of rotatable bonds is 5. The molecule has 0 unspecified atom stereocenters. The maximum atomic E-state index is 10.5. The number of carboxylic acid groups (broad SMARTS) is 1. The van der Waals surface area contributed by atoms with E-state index < -0.39 is 5.97 Å². The number of aliphatic carboxylic acids is 1. The highest BCUT2D eigenvalue weighted by atomic mass is 35.5. The summed E-state index contributed by atoms with van der Waals surface area (Å²) in [5, 5.41) is 7.59. The van der Waals surface area contributed by atoms with Crippen LogP contribution in [0.3, 0.4) is 0 Å². The Bertz CT molecular complexity index is 203. The zero-order valence-corrected chi connectivity index (χ0v) is 9.12. The molecule has 0 rings (SSSR count). The summed E-state index contributed by atoms with van der Waals surface area (Å²) in [6, 6.07) is 0. The van der Waals surface area contributed by atoms with Gasteiger partial charge in [0.2, 0.25) is 0 Å². The quantitative estimate of drug-likeness (QED) is 0.507. The van der Waals surface area contributed by atoms with E-state index in [0.29, 0.717) is 0 Å². The third kappa shape index (κ3) is 15.6. The zero-order chi connectivity index (χ0) is 12.3. The number of ketones is 1. The monoisotopic (exact) mass is 239 g/mol. The summed E-state index contributed by atoms with van der Waals surface area (Å²) in [6.07, 6.45) is 0.315. The molecule has 0 spiro atoms. The molecule has 0 radical (unpaired) electrons. The second kappa shape index (κ2) is 10.9. The number of nitrogens with two attached hydrogens (primary N) is 1. The van der Waals surface area contributed by atoms with Crippen LogP contribution in [0.4, 0.5) is 0 Å². The van der Waals surface area contributed by atoms with Crippen LogP contribution in [-0.4, -0.2) is 42.4 Å². The average Bonchev–Trinajstić information content (AvgIpc) is 2.25. The molecule has 0 aliphatic rings. The lowest BCUT2D eigenvalue weighted by Gasteiger charge is -1.95. The van der Waals surface area contributed by atoms with E-state index in [9.17, 15) is 14.4 Å². The molecule has 0 aromatic carbocycles. The van der Waals surface area contributed by atoms with Crippen LogP contribution in [0.2, 0.25) is 0 Å². The Morgan fingerprint density at radius 1 is 1.33 bits per heavy atom. The Morgan fingerprint density at radius 3 is 2.07 bits per heavy atom. The lowest BCUT2D eigenvalue weighted by molar-refractivity contribution is -0.141. The number of methoxy groups -OCH3 is 1. The van der Waals surface area contributed by atoms with Gasteiger partial charge in [-0.3, -0.25) is 14.4 Å². The van der Waals surface area contributed by atoms with E-state index in [1.54, 1.807) is 0 Å². The molecule has 15 heavy (non-hydrogen) atoms. The minimum absolute atomic E-state index is 0.00298. The first kappa shape index (κ1) is 16.3.